The van der Waals surface area contributed by atoms with Crippen LogP contribution < -0.4 is 10.1 Å². The van der Waals surface area contributed by atoms with Gasteiger partial charge >= 0.3 is 5.97 Å². The molecule has 0 unspecified atom stereocenters. The molecule has 0 atom stereocenters. The maximum Gasteiger partial charge on any atom is 0.352 e. The number of hydrogen-bond donors (Lipinski definition) is 2. The van der Waals surface area contributed by atoms with Gasteiger partial charge in [-0.1, -0.05) is 47.5 Å². The molecule has 30 heavy (non-hydrogen) atoms. The van der Waals surface area contributed by atoms with Gasteiger partial charge in [-0.25, -0.2) is 9.18 Å². The lowest BCUT2D eigenvalue weighted by molar-refractivity contribution is -0.132. The van der Waals surface area contributed by atoms with Crippen molar-refractivity contribution >= 4 is 41.2 Å². The zero-order valence-electron chi connectivity index (χ0n) is 15.2. The number of amides is 1. The van der Waals surface area contributed by atoms with Gasteiger partial charge in [-0.3, -0.25) is 4.79 Å². The third-order valence-electron chi connectivity index (χ3n) is 3.90. The summed E-state index contributed by atoms with van der Waals surface area (Å²) in [5.74, 6) is -2.34. The number of halogens is 3. The van der Waals surface area contributed by atoms with Gasteiger partial charge in [0.15, 0.2) is 11.6 Å². The molecule has 0 aliphatic rings. The highest BCUT2D eigenvalue weighted by atomic mass is 35.5. The maximum atomic E-state index is 13.8. The molecular formula is C22H14Cl2FNO4. The van der Waals surface area contributed by atoms with E-state index in [1.807, 2.05) is 0 Å². The van der Waals surface area contributed by atoms with Crippen LogP contribution in [0.1, 0.15) is 15.9 Å². The standard InChI is InChI=1S/C22H14Cl2FNO4/c23-15-4-1-3-14(12-15)21(27)26-19(22(28)29)11-13-7-9-16(10-8-13)30-20-17(24)5-2-6-18(20)25/h1-12H,(H,26,27)(H,28,29)/b19-11+. The van der Waals surface area contributed by atoms with Crippen LogP contribution in [0.3, 0.4) is 0 Å². The van der Waals surface area contributed by atoms with Crippen LogP contribution in [0.15, 0.2) is 72.4 Å². The number of rotatable bonds is 6. The first-order chi connectivity index (χ1) is 14.3. The zero-order chi connectivity index (χ0) is 21.7. The normalized spacial score (nSPS) is 11.1. The lowest BCUT2D eigenvalue weighted by atomic mass is 10.1. The molecule has 0 saturated heterocycles. The second-order valence-corrected chi connectivity index (χ2v) is 6.89. The first-order valence-electron chi connectivity index (χ1n) is 8.57. The molecule has 152 valence electrons. The van der Waals surface area contributed by atoms with Gasteiger partial charge in [-0.2, -0.15) is 0 Å². The van der Waals surface area contributed by atoms with E-state index in [4.69, 9.17) is 27.9 Å². The Hall–Kier alpha value is -3.35. The van der Waals surface area contributed by atoms with Crippen molar-refractivity contribution < 1.29 is 23.8 Å². The fourth-order valence-corrected chi connectivity index (χ4v) is 2.86. The van der Waals surface area contributed by atoms with Gasteiger partial charge in [-0.15, -0.1) is 0 Å². The van der Waals surface area contributed by atoms with Crippen LogP contribution in [-0.2, 0) is 4.79 Å². The van der Waals surface area contributed by atoms with Crippen molar-refractivity contribution in [3.63, 3.8) is 0 Å². The second kappa shape index (κ2) is 9.43. The number of carbonyl (C=O) groups is 2. The quantitative estimate of drug-likeness (QED) is 0.471. The van der Waals surface area contributed by atoms with E-state index in [1.54, 1.807) is 24.3 Å². The molecule has 0 aliphatic heterocycles. The lowest BCUT2D eigenvalue weighted by Gasteiger charge is -2.09. The van der Waals surface area contributed by atoms with Crippen molar-refractivity contribution in [1.82, 2.24) is 5.32 Å². The number of nitrogens with one attached hydrogen (secondary N) is 1. The van der Waals surface area contributed by atoms with Gasteiger partial charge in [0.25, 0.3) is 5.91 Å². The van der Waals surface area contributed by atoms with Crippen molar-refractivity contribution in [3.8, 4) is 11.5 Å². The molecule has 8 heteroatoms. The van der Waals surface area contributed by atoms with Crippen LogP contribution in [0.2, 0.25) is 10.0 Å². The SMILES string of the molecule is O=C(O)/C(=C\c1ccc(Oc2c(F)cccc2Cl)cc1)NC(=O)c1cccc(Cl)c1. The number of carboxylic acid groups (broad SMARTS) is 1. The van der Waals surface area contributed by atoms with Gasteiger partial charge in [0.2, 0.25) is 0 Å². The highest BCUT2D eigenvalue weighted by Crippen LogP contribution is 2.32. The Morgan fingerprint density at radius 3 is 2.33 bits per heavy atom. The summed E-state index contributed by atoms with van der Waals surface area (Å²) in [6.45, 7) is 0. The Labute approximate surface area is 181 Å². The third-order valence-corrected chi connectivity index (χ3v) is 4.43. The van der Waals surface area contributed by atoms with Crippen LogP contribution in [-0.4, -0.2) is 17.0 Å². The van der Waals surface area contributed by atoms with E-state index in [9.17, 15) is 19.1 Å². The molecule has 0 saturated carbocycles. The zero-order valence-corrected chi connectivity index (χ0v) is 16.7. The van der Waals surface area contributed by atoms with Crippen molar-refractivity contribution in [3.05, 3.63) is 99.4 Å². The minimum Gasteiger partial charge on any atom is -0.477 e. The second-order valence-electron chi connectivity index (χ2n) is 6.05. The molecule has 3 aromatic rings. The predicted molar refractivity (Wildman–Crippen MR) is 112 cm³/mol. The van der Waals surface area contributed by atoms with E-state index < -0.39 is 17.7 Å². The monoisotopic (exact) mass is 445 g/mol. The molecule has 1 amide bonds. The van der Waals surface area contributed by atoms with E-state index in [0.29, 0.717) is 16.3 Å². The maximum absolute atomic E-state index is 13.8. The molecular weight excluding hydrogens is 432 g/mol. The molecule has 3 aromatic carbocycles. The molecule has 0 aromatic heterocycles. The molecule has 0 aliphatic carbocycles. The van der Waals surface area contributed by atoms with Crippen LogP contribution in [0.5, 0.6) is 11.5 Å². The van der Waals surface area contributed by atoms with Crippen molar-refractivity contribution in [1.29, 1.82) is 0 Å². The van der Waals surface area contributed by atoms with Gasteiger partial charge in [0.1, 0.15) is 11.4 Å². The fourth-order valence-electron chi connectivity index (χ4n) is 2.47. The molecule has 5 nitrogen and oxygen atoms in total. The molecule has 0 fully saturated rings. The topological polar surface area (TPSA) is 75.6 Å². The Bertz CT molecular complexity index is 1110. The molecule has 0 heterocycles. The van der Waals surface area contributed by atoms with Crippen LogP contribution >= 0.6 is 23.2 Å². The van der Waals surface area contributed by atoms with Crippen molar-refractivity contribution in [2.75, 3.05) is 0 Å². The molecule has 0 spiro atoms. The number of ether oxygens (including phenoxy) is 1. The number of para-hydroxylation sites is 1. The Kier molecular flexibility index (Phi) is 6.72. The van der Waals surface area contributed by atoms with E-state index in [2.05, 4.69) is 5.32 Å². The van der Waals surface area contributed by atoms with E-state index in [1.165, 1.54) is 48.5 Å². The summed E-state index contributed by atoms with van der Waals surface area (Å²) >= 11 is 11.8. The Morgan fingerprint density at radius 2 is 1.70 bits per heavy atom. The van der Waals surface area contributed by atoms with Gasteiger partial charge in [0, 0.05) is 10.6 Å². The summed E-state index contributed by atoms with van der Waals surface area (Å²) < 4.78 is 19.3. The van der Waals surface area contributed by atoms with Crippen molar-refractivity contribution in [2.45, 2.75) is 0 Å². The highest BCUT2D eigenvalue weighted by molar-refractivity contribution is 6.32. The average molecular weight is 446 g/mol. The van der Waals surface area contributed by atoms with Gasteiger partial charge in [-0.05, 0) is 54.1 Å². The summed E-state index contributed by atoms with van der Waals surface area (Å²) in [4.78, 5) is 23.8. The molecule has 0 bridgehead atoms. The summed E-state index contributed by atoms with van der Waals surface area (Å²) in [6.07, 6.45) is 1.28. The largest absolute Gasteiger partial charge is 0.477 e. The number of carboxylic acids is 1. The minimum atomic E-state index is -1.32. The van der Waals surface area contributed by atoms with Gasteiger partial charge in [0.05, 0.1) is 5.02 Å². The van der Waals surface area contributed by atoms with Crippen LogP contribution in [0.4, 0.5) is 4.39 Å². The van der Waals surface area contributed by atoms with E-state index in [-0.39, 0.29) is 22.0 Å². The first kappa shape index (κ1) is 21.4. The fraction of sp³-hybridized carbons (Fsp3) is 0. The predicted octanol–water partition coefficient (Wildman–Crippen LogP) is 5.78. The number of hydrogen-bond acceptors (Lipinski definition) is 3. The van der Waals surface area contributed by atoms with Crippen molar-refractivity contribution in [2.24, 2.45) is 0 Å². The number of benzene rings is 3. The lowest BCUT2D eigenvalue weighted by Crippen LogP contribution is -2.27. The van der Waals surface area contributed by atoms with Gasteiger partial charge < -0.3 is 15.2 Å². The molecule has 2 N–H and O–H groups in total. The summed E-state index contributed by atoms with van der Waals surface area (Å²) in [6, 6.07) is 16.5. The number of aliphatic carboxylic acids is 1. The summed E-state index contributed by atoms with van der Waals surface area (Å²) in [5.41, 5.74) is 0.372. The van der Waals surface area contributed by atoms with E-state index >= 15 is 0 Å². The Morgan fingerprint density at radius 1 is 1.00 bits per heavy atom. The minimum absolute atomic E-state index is 0.109. The first-order valence-corrected chi connectivity index (χ1v) is 9.33. The highest BCUT2D eigenvalue weighted by Gasteiger charge is 2.14. The summed E-state index contributed by atoms with van der Waals surface area (Å²) in [5, 5.41) is 12.2. The third kappa shape index (κ3) is 5.37. The van der Waals surface area contributed by atoms with Crippen LogP contribution in [0, 0.1) is 5.82 Å². The average Bonchev–Trinajstić information content (AvgIpc) is 2.71. The van der Waals surface area contributed by atoms with Crippen LogP contribution in [0.25, 0.3) is 6.08 Å². The smallest absolute Gasteiger partial charge is 0.352 e. The number of carbonyl (C=O) groups excluding carboxylic acids is 1. The Balaban J connectivity index is 1.78. The molecule has 3 rings (SSSR count). The molecule has 0 radical (unpaired) electrons. The van der Waals surface area contributed by atoms with E-state index in [0.717, 1.165) is 0 Å². The summed E-state index contributed by atoms with van der Waals surface area (Å²) in [7, 11) is 0.